The minimum Gasteiger partial charge on any atom is -0.245 e. The molecule has 12 heavy (non-hydrogen) atoms. The minimum atomic E-state index is -0.00435. The Bertz CT molecular complexity index is 285. The molecule has 1 atom stereocenters. The van der Waals surface area contributed by atoms with Gasteiger partial charge < -0.3 is 0 Å². The maximum atomic E-state index is 8.78. The number of nitrogens with zero attached hydrogens (tertiary/aromatic N) is 2. The van der Waals surface area contributed by atoms with E-state index >= 15 is 0 Å². The van der Waals surface area contributed by atoms with Gasteiger partial charge >= 0.3 is 0 Å². The lowest BCUT2D eigenvalue weighted by Crippen LogP contribution is -1.92. The third-order valence-electron chi connectivity index (χ3n) is 1.79. The molecule has 0 aliphatic rings. The van der Waals surface area contributed by atoms with Crippen LogP contribution in [0, 0.1) is 11.3 Å². The third-order valence-corrected chi connectivity index (χ3v) is 2.80. The molecule has 0 aromatic carbocycles. The Morgan fingerprint density at radius 2 is 2.42 bits per heavy atom. The molecule has 1 aromatic heterocycles. The molecule has 0 fully saturated rings. The highest BCUT2D eigenvalue weighted by Crippen LogP contribution is 2.22. The standard InChI is InChI=1S/C9H12N2S/c1-3-7(5-10)9-11-8(4-2)6-12-9/h6-7H,3-4H2,1-2H3. The monoisotopic (exact) mass is 180 g/mol. The van der Waals surface area contributed by atoms with E-state index in [1.807, 2.05) is 12.3 Å². The van der Waals surface area contributed by atoms with Crippen LogP contribution in [-0.4, -0.2) is 4.98 Å². The summed E-state index contributed by atoms with van der Waals surface area (Å²) in [6.45, 7) is 4.09. The molecule has 0 saturated heterocycles. The van der Waals surface area contributed by atoms with E-state index in [1.54, 1.807) is 11.3 Å². The van der Waals surface area contributed by atoms with Crippen molar-refractivity contribution in [3.05, 3.63) is 16.1 Å². The Balaban J connectivity index is 2.81. The van der Waals surface area contributed by atoms with Crippen molar-refractivity contribution in [2.75, 3.05) is 0 Å². The molecular weight excluding hydrogens is 168 g/mol. The lowest BCUT2D eigenvalue weighted by molar-refractivity contribution is 0.802. The van der Waals surface area contributed by atoms with E-state index in [9.17, 15) is 0 Å². The van der Waals surface area contributed by atoms with Gasteiger partial charge in [-0.25, -0.2) is 4.98 Å². The molecule has 1 rings (SSSR count). The summed E-state index contributed by atoms with van der Waals surface area (Å²) in [6, 6.07) is 2.25. The fourth-order valence-electron chi connectivity index (χ4n) is 0.966. The van der Waals surface area contributed by atoms with Gasteiger partial charge in [0.1, 0.15) is 5.01 Å². The van der Waals surface area contributed by atoms with E-state index < -0.39 is 0 Å². The highest BCUT2D eigenvalue weighted by atomic mass is 32.1. The summed E-state index contributed by atoms with van der Waals surface area (Å²) in [5.41, 5.74) is 1.10. The molecular formula is C9H12N2S. The average Bonchev–Trinajstić information content (AvgIpc) is 2.55. The summed E-state index contributed by atoms with van der Waals surface area (Å²) >= 11 is 1.60. The van der Waals surface area contributed by atoms with Crippen LogP contribution in [0.2, 0.25) is 0 Å². The van der Waals surface area contributed by atoms with Crippen molar-refractivity contribution in [3.8, 4) is 6.07 Å². The van der Waals surface area contributed by atoms with E-state index in [-0.39, 0.29) is 5.92 Å². The van der Waals surface area contributed by atoms with Gasteiger partial charge in [-0.3, -0.25) is 0 Å². The van der Waals surface area contributed by atoms with Gasteiger partial charge in [0.2, 0.25) is 0 Å². The highest BCUT2D eigenvalue weighted by Gasteiger charge is 2.11. The number of nitriles is 1. The zero-order valence-electron chi connectivity index (χ0n) is 7.37. The van der Waals surface area contributed by atoms with Gasteiger partial charge in [0, 0.05) is 5.38 Å². The summed E-state index contributed by atoms with van der Waals surface area (Å²) in [4.78, 5) is 4.37. The molecule has 1 heterocycles. The Labute approximate surface area is 76.9 Å². The zero-order chi connectivity index (χ0) is 8.97. The molecule has 3 heteroatoms. The van der Waals surface area contributed by atoms with Crippen molar-refractivity contribution >= 4 is 11.3 Å². The number of hydrogen-bond acceptors (Lipinski definition) is 3. The largest absolute Gasteiger partial charge is 0.245 e. The molecule has 0 saturated carbocycles. The van der Waals surface area contributed by atoms with Crippen molar-refractivity contribution in [2.24, 2.45) is 0 Å². The second kappa shape index (κ2) is 4.22. The normalized spacial score (nSPS) is 12.4. The first-order valence-electron chi connectivity index (χ1n) is 4.15. The summed E-state index contributed by atoms with van der Waals surface area (Å²) in [5.74, 6) is -0.00435. The van der Waals surface area contributed by atoms with Gasteiger partial charge in [-0.15, -0.1) is 11.3 Å². The van der Waals surface area contributed by atoms with Crippen LogP contribution in [-0.2, 0) is 6.42 Å². The van der Waals surface area contributed by atoms with Gasteiger partial charge in [-0.2, -0.15) is 5.26 Å². The van der Waals surface area contributed by atoms with Gasteiger partial charge in [-0.1, -0.05) is 13.8 Å². The van der Waals surface area contributed by atoms with Crippen molar-refractivity contribution in [1.29, 1.82) is 5.26 Å². The van der Waals surface area contributed by atoms with Crippen LogP contribution in [0.25, 0.3) is 0 Å². The molecule has 0 amide bonds. The SMILES string of the molecule is CCc1csc(C(C#N)CC)n1. The van der Waals surface area contributed by atoms with Crippen molar-refractivity contribution in [1.82, 2.24) is 4.98 Å². The van der Waals surface area contributed by atoms with Crippen LogP contribution in [0.15, 0.2) is 5.38 Å². The van der Waals surface area contributed by atoms with Crippen molar-refractivity contribution in [3.63, 3.8) is 0 Å². The predicted octanol–water partition coefficient (Wildman–Crippen LogP) is 2.72. The molecule has 2 nitrogen and oxygen atoms in total. The smallest absolute Gasteiger partial charge is 0.110 e. The predicted molar refractivity (Wildman–Crippen MR) is 50.1 cm³/mol. The van der Waals surface area contributed by atoms with Gasteiger partial charge in [0.15, 0.2) is 0 Å². The number of hydrogen-bond donors (Lipinski definition) is 0. The lowest BCUT2D eigenvalue weighted by Gasteiger charge is -1.98. The molecule has 64 valence electrons. The maximum absolute atomic E-state index is 8.78. The fraction of sp³-hybridized carbons (Fsp3) is 0.556. The number of aromatic nitrogens is 1. The molecule has 1 unspecified atom stereocenters. The van der Waals surface area contributed by atoms with Crippen LogP contribution < -0.4 is 0 Å². The number of aryl methyl sites for hydroxylation is 1. The summed E-state index contributed by atoms with van der Waals surface area (Å²) in [5, 5.41) is 11.8. The number of rotatable bonds is 3. The second-order valence-corrected chi connectivity index (χ2v) is 3.51. The van der Waals surface area contributed by atoms with Crippen LogP contribution in [0.5, 0.6) is 0 Å². The van der Waals surface area contributed by atoms with E-state index in [2.05, 4.69) is 18.0 Å². The second-order valence-electron chi connectivity index (χ2n) is 2.62. The van der Waals surface area contributed by atoms with Crippen LogP contribution in [0.1, 0.15) is 36.9 Å². The van der Waals surface area contributed by atoms with Crippen LogP contribution in [0.4, 0.5) is 0 Å². The summed E-state index contributed by atoms with van der Waals surface area (Å²) in [6.07, 6.45) is 1.81. The molecule has 0 N–H and O–H groups in total. The van der Waals surface area contributed by atoms with E-state index in [1.165, 1.54) is 0 Å². The lowest BCUT2D eigenvalue weighted by atomic mass is 10.1. The first-order valence-corrected chi connectivity index (χ1v) is 5.03. The Hall–Kier alpha value is -0.880. The highest BCUT2D eigenvalue weighted by molar-refractivity contribution is 7.09. The molecule has 0 aliphatic heterocycles. The quantitative estimate of drug-likeness (QED) is 0.717. The topological polar surface area (TPSA) is 36.7 Å². The van der Waals surface area contributed by atoms with Crippen LogP contribution in [0.3, 0.4) is 0 Å². The van der Waals surface area contributed by atoms with Crippen LogP contribution >= 0.6 is 11.3 Å². The summed E-state index contributed by atoms with van der Waals surface area (Å²) in [7, 11) is 0. The Morgan fingerprint density at radius 3 is 2.83 bits per heavy atom. The van der Waals surface area contributed by atoms with Gasteiger partial charge in [0.05, 0.1) is 17.7 Å². The zero-order valence-corrected chi connectivity index (χ0v) is 8.19. The third kappa shape index (κ3) is 1.83. The molecule has 0 spiro atoms. The minimum absolute atomic E-state index is 0.00435. The average molecular weight is 180 g/mol. The molecule has 0 bridgehead atoms. The molecule has 1 aromatic rings. The molecule has 0 radical (unpaired) electrons. The maximum Gasteiger partial charge on any atom is 0.110 e. The molecule has 0 aliphatic carbocycles. The first kappa shape index (κ1) is 9.21. The Kier molecular flexibility index (Phi) is 3.24. The first-order chi connectivity index (χ1) is 5.81. The van der Waals surface area contributed by atoms with E-state index in [0.29, 0.717) is 0 Å². The number of thiazole rings is 1. The van der Waals surface area contributed by atoms with Crippen molar-refractivity contribution in [2.45, 2.75) is 32.6 Å². The fourth-order valence-corrected chi connectivity index (χ4v) is 2.00. The van der Waals surface area contributed by atoms with E-state index in [4.69, 9.17) is 5.26 Å². The van der Waals surface area contributed by atoms with Gasteiger partial charge in [-0.05, 0) is 12.8 Å². The van der Waals surface area contributed by atoms with Crippen molar-refractivity contribution < 1.29 is 0 Å². The van der Waals surface area contributed by atoms with Gasteiger partial charge in [0.25, 0.3) is 0 Å². The van der Waals surface area contributed by atoms with E-state index in [0.717, 1.165) is 23.5 Å². The Morgan fingerprint density at radius 1 is 1.67 bits per heavy atom. The summed E-state index contributed by atoms with van der Waals surface area (Å²) < 4.78 is 0.